The predicted octanol–water partition coefficient (Wildman–Crippen LogP) is 5.52. The maximum atomic E-state index is 13.5. The molecule has 0 radical (unpaired) electrons. The Bertz CT molecular complexity index is 1610. The monoisotopic (exact) mass is 613 g/mol. The van der Waals surface area contributed by atoms with Crippen LogP contribution in [0.25, 0.3) is 6.08 Å². The number of carbonyl (C=O) groups excluding carboxylic acids is 1. The number of allylic oxidation sites excluding steroid dienone is 2. The number of esters is 1. The standard InChI is InChI=1S/C34H39N5O6/c1-23(8-6-17-37(4)18-7-9-26-12-14-27(15-13-26)21-38-19-16-35-22-38)45-34(42)31-25(3)36-24(2)30(33(40)41)32(31)28-10-5-11-29(20-28)39(43)44/h5,7,9-16,19-20,22-23,32,36H,6,8,17-18,21H2,1-4H3,(H,40,41). The van der Waals surface area contributed by atoms with Gasteiger partial charge in [0.25, 0.3) is 5.69 Å². The van der Waals surface area contributed by atoms with Crippen molar-refractivity contribution in [2.24, 2.45) is 0 Å². The number of nitrogens with zero attached hydrogens (tertiary/aromatic N) is 4. The van der Waals surface area contributed by atoms with Crippen molar-refractivity contribution in [1.82, 2.24) is 19.8 Å². The number of nitrogens with one attached hydrogen (secondary N) is 1. The van der Waals surface area contributed by atoms with E-state index in [-0.39, 0.29) is 16.8 Å². The van der Waals surface area contributed by atoms with Gasteiger partial charge in [-0.15, -0.1) is 0 Å². The van der Waals surface area contributed by atoms with Crippen LogP contribution in [0.15, 0.2) is 95.9 Å². The number of nitro groups is 1. The highest BCUT2D eigenvalue weighted by molar-refractivity contribution is 5.99. The first-order valence-corrected chi connectivity index (χ1v) is 14.8. The summed E-state index contributed by atoms with van der Waals surface area (Å²) in [5.41, 5.74) is 3.36. The summed E-state index contributed by atoms with van der Waals surface area (Å²) in [5, 5.41) is 24.4. The molecule has 0 saturated heterocycles. The number of rotatable bonds is 14. The van der Waals surface area contributed by atoms with Crippen molar-refractivity contribution in [3.05, 3.63) is 123 Å². The van der Waals surface area contributed by atoms with Crippen molar-refractivity contribution < 1.29 is 24.4 Å². The fourth-order valence-corrected chi connectivity index (χ4v) is 5.44. The number of carboxylic acids is 1. The van der Waals surface area contributed by atoms with Crippen LogP contribution in [0.1, 0.15) is 56.2 Å². The fourth-order valence-electron chi connectivity index (χ4n) is 5.44. The first-order valence-electron chi connectivity index (χ1n) is 14.8. The lowest BCUT2D eigenvalue weighted by Crippen LogP contribution is -2.33. The molecule has 0 fully saturated rings. The smallest absolute Gasteiger partial charge is 0.337 e. The Kier molecular flexibility index (Phi) is 11.0. The van der Waals surface area contributed by atoms with Crippen LogP contribution in [0, 0.1) is 10.1 Å². The third-order valence-corrected chi connectivity index (χ3v) is 7.72. The van der Waals surface area contributed by atoms with E-state index in [0.717, 1.165) is 31.6 Å². The molecule has 2 unspecified atom stereocenters. The highest BCUT2D eigenvalue weighted by atomic mass is 16.6. The van der Waals surface area contributed by atoms with E-state index < -0.39 is 28.9 Å². The molecule has 0 spiro atoms. The first kappa shape index (κ1) is 32.9. The number of carbonyl (C=O) groups is 2. The lowest BCUT2D eigenvalue weighted by Gasteiger charge is -2.30. The van der Waals surface area contributed by atoms with E-state index in [1.165, 1.54) is 23.8 Å². The Balaban J connectivity index is 1.30. The minimum absolute atomic E-state index is 0.0548. The van der Waals surface area contributed by atoms with Gasteiger partial charge < -0.3 is 24.6 Å². The van der Waals surface area contributed by atoms with Gasteiger partial charge in [0.1, 0.15) is 0 Å². The predicted molar refractivity (Wildman–Crippen MR) is 171 cm³/mol. The van der Waals surface area contributed by atoms with Gasteiger partial charge in [0.05, 0.1) is 34.4 Å². The Morgan fingerprint density at radius 1 is 1.18 bits per heavy atom. The molecule has 2 N–H and O–H groups in total. The molecule has 2 heterocycles. The van der Waals surface area contributed by atoms with Crippen LogP contribution in [-0.4, -0.2) is 62.7 Å². The molecule has 45 heavy (non-hydrogen) atoms. The normalized spacial score (nSPS) is 15.8. The van der Waals surface area contributed by atoms with Crippen molar-refractivity contribution in [2.75, 3.05) is 20.1 Å². The van der Waals surface area contributed by atoms with E-state index in [4.69, 9.17) is 4.74 Å². The summed E-state index contributed by atoms with van der Waals surface area (Å²) < 4.78 is 7.82. The molecule has 2 atom stereocenters. The summed E-state index contributed by atoms with van der Waals surface area (Å²) in [5.74, 6) is -2.89. The summed E-state index contributed by atoms with van der Waals surface area (Å²) in [6.45, 7) is 7.42. The Labute approximate surface area is 262 Å². The molecular formula is C34H39N5O6. The Hall–Kier alpha value is -5.03. The van der Waals surface area contributed by atoms with E-state index in [1.54, 1.807) is 32.4 Å². The van der Waals surface area contributed by atoms with E-state index in [1.807, 2.05) is 24.7 Å². The topological polar surface area (TPSA) is 140 Å². The van der Waals surface area contributed by atoms with Crippen molar-refractivity contribution in [3.63, 3.8) is 0 Å². The fraction of sp³-hybridized carbons (Fsp3) is 0.324. The number of aromatic nitrogens is 2. The lowest BCUT2D eigenvalue weighted by molar-refractivity contribution is -0.384. The van der Waals surface area contributed by atoms with Crippen LogP contribution in [0.4, 0.5) is 5.69 Å². The van der Waals surface area contributed by atoms with Gasteiger partial charge in [-0.1, -0.05) is 48.6 Å². The van der Waals surface area contributed by atoms with Crippen molar-refractivity contribution >= 4 is 23.7 Å². The molecule has 0 bridgehead atoms. The summed E-state index contributed by atoms with van der Waals surface area (Å²) >= 11 is 0. The number of benzene rings is 2. The third kappa shape index (κ3) is 8.76. The molecule has 0 amide bonds. The van der Waals surface area contributed by atoms with Crippen molar-refractivity contribution in [1.29, 1.82) is 0 Å². The quantitative estimate of drug-likeness (QED) is 0.137. The highest BCUT2D eigenvalue weighted by Gasteiger charge is 2.38. The SMILES string of the molecule is CC1=C(C(=O)O)C(c2cccc([N+](=O)[O-])c2)C(C(=O)OC(C)CCCN(C)CC=Cc2ccc(Cn3ccnc3)cc2)=C(C)N1. The van der Waals surface area contributed by atoms with Crippen LogP contribution in [-0.2, 0) is 20.9 Å². The molecule has 4 rings (SSSR count). The maximum Gasteiger partial charge on any atom is 0.337 e. The zero-order valence-corrected chi connectivity index (χ0v) is 26.0. The molecule has 1 aromatic heterocycles. The molecule has 3 aromatic rings. The van der Waals surface area contributed by atoms with Crippen LogP contribution < -0.4 is 5.32 Å². The number of carboxylic acid groups (broad SMARTS) is 1. The number of aliphatic carboxylic acids is 1. The van der Waals surface area contributed by atoms with Crippen molar-refractivity contribution in [3.8, 4) is 0 Å². The first-order chi connectivity index (χ1) is 21.5. The van der Waals surface area contributed by atoms with Gasteiger partial charge >= 0.3 is 11.9 Å². The average Bonchev–Trinajstić information content (AvgIpc) is 3.50. The number of non-ortho nitro benzene ring substituents is 1. The number of likely N-dealkylation sites (N-methyl/N-ethyl adjacent to an activating group) is 1. The summed E-state index contributed by atoms with van der Waals surface area (Å²) in [4.78, 5) is 42.9. The molecule has 0 saturated carbocycles. The molecule has 1 aliphatic heterocycles. The summed E-state index contributed by atoms with van der Waals surface area (Å²) in [6, 6.07) is 14.1. The van der Waals surface area contributed by atoms with Gasteiger partial charge in [0.15, 0.2) is 0 Å². The minimum Gasteiger partial charge on any atom is -0.478 e. The van der Waals surface area contributed by atoms with E-state index in [0.29, 0.717) is 23.4 Å². The van der Waals surface area contributed by atoms with Gasteiger partial charge in [0.2, 0.25) is 0 Å². The number of hydrogen-bond acceptors (Lipinski definition) is 8. The van der Waals surface area contributed by atoms with Gasteiger partial charge in [-0.05, 0) is 63.9 Å². The van der Waals surface area contributed by atoms with E-state index in [2.05, 4.69) is 51.6 Å². The second-order valence-electron chi connectivity index (χ2n) is 11.3. The maximum absolute atomic E-state index is 13.5. The largest absolute Gasteiger partial charge is 0.478 e. The zero-order chi connectivity index (χ0) is 32.5. The summed E-state index contributed by atoms with van der Waals surface area (Å²) in [6.07, 6.45) is 10.7. The second kappa shape index (κ2) is 15.1. The number of nitro benzene ring substituents is 1. The van der Waals surface area contributed by atoms with E-state index in [9.17, 15) is 24.8 Å². The number of ether oxygens (including phenoxy) is 1. The molecule has 11 heteroatoms. The van der Waals surface area contributed by atoms with Gasteiger partial charge in [-0.3, -0.25) is 10.1 Å². The average molecular weight is 614 g/mol. The third-order valence-electron chi connectivity index (χ3n) is 7.72. The molecule has 11 nitrogen and oxygen atoms in total. The molecule has 0 aliphatic carbocycles. The van der Waals surface area contributed by atoms with Crippen LogP contribution in [0.2, 0.25) is 0 Å². The zero-order valence-electron chi connectivity index (χ0n) is 26.0. The highest BCUT2D eigenvalue weighted by Crippen LogP contribution is 2.39. The van der Waals surface area contributed by atoms with Gasteiger partial charge in [0, 0.05) is 49.0 Å². The molecular weight excluding hydrogens is 574 g/mol. The molecule has 1 aliphatic rings. The van der Waals surface area contributed by atoms with Gasteiger partial charge in [-0.25, -0.2) is 14.6 Å². The van der Waals surface area contributed by atoms with Gasteiger partial charge in [-0.2, -0.15) is 0 Å². The number of dihydropyridines is 1. The molecule has 2 aromatic carbocycles. The molecule has 236 valence electrons. The van der Waals surface area contributed by atoms with E-state index >= 15 is 0 Å². The minimum atomic E-state index is -1.22. The van der Waals surface area contributed by atoms with Crippen LogP contribution in [0.3, 0.4) is 0 Å². The summed E-state index contributed by atoms with van der Waals surface area (Å²) in [7, 11) is 2.03. The van der Waals surface area contributed by atoms with Crippen LogP contribution in [0.5, 0.6) is 0 Å². The lowest BCUT2D eigenvalue weighted by atomic mass is 9.80. The second-order valence-corrected chi connectivity index (χ2v) is 11.3. The number of hydrogen-bond donors (Lipinski definition) is 2. The van der Waals surface area contributed by atoms with Crippen molar-refractivity contribution in [2.45, 2.75) is 52.2 Å². The van der Waals surface area contributed by atoms with Crippen LogP contribution >= 0.6 is 0 Å². The number of imidazole rings is 1. The Morgan fingerprint density at radius 3 is 2.58 bits per heavy atom. The Morgan fingerprint density at radius 2 is 1.91 bits per heavy atom.